The number of amides is 2. The van der Waals surface area contributed by atoms with Gasteiger partial charge in [-0.1, -0.05) is 36.4 Å². The second-order valence-corrected chi connectivity index (χ2v) is 10.5. The summed E-state index contributed by atoms with van der Waals surface area (Å²) >= 11 is 1.60. The van der Waals surface area contributed by atoms with Crippen LogP contribution in [0.3, 0.4) is 0 Å². The standard InChI is InChI=1S/C29H33N3O3S/c1-20-8-6-11-24(21(20)2)30-13-15-31(16-14-30)29(34)26-22-9-4-5-10-23(22)28(33)32(17-18-35-3)27(26)25-12-7-19-36-25/h4-12,19,26-27H,13-18H2,1-3H3/t26-,27+/m1/s1. The number of carbonyl (C=O) groups excluding carboxylic acids is 2. The number of carbonyl (C=O) groups is 2. The van der Waals surface area contributed by atoms with Crippen LogP contribution in [-0.2, 0) is 9.53 Å². The van der Waals surface area contributed by atoms with Gasteiger partial charge in [-0.15, -0.1) is 11.3 Å². The number of nitrogens with zero attached hydrogens (tertiary/aromatic N) is 3. The van der Waals surface area contributed by atoms with E-state index in [4.69, 9.17) is 4.74 Å². The Morgan fingerprint density at radius 3 is 2.50 bits per heavy atom. The molecule has 3 aromatic rings. The Kier molecular flexibility index (Phi) is 7.12. The lowest BCUT2D eigenvalue weighted by atomic mass is 9.81. The normalized spacial score (nSPS) is 20.0. The van der Waals surface area contributed by atoms with Gasteiger partial charge in [0.05, 0.1) is 18.6 Å². The highest BCUT2D eigenvalue weighted by molar-refractivity contribution is 7.10. The van der Waals surface area contributed by atoms with Crippen molar-refractivity contribution < 1.29 is 14.3 Å². The number of ether oxygens (including phenoxy) is 1. The molecule has 0 spiro atoms. The predicted molar refractivity (Wildman–Crippen MR) is 144 cm³/mol. The van der Waals surface area contributed by atoms with Gasteiger partial charge >= 0.3 is 0 Å². The molecule has 0 radical (unpaired) electrons. The van der Waals surface area contributed by atoms with Crippen LogP contribution in [0, 0.1) is 13.8 Å². The van der Waals surface area contributed by atoms with Crippen LogP contribution in [0.5, 0.6) is 0 Å². The second-order valence-electron chi connectivity index (χ2n) is 9.55. The van der Waals surface area contributed by atoms with Gasteiger partial charge in [-0.2, -0.15) is 0 Å². The van der Waals surface area contributed by atoms with Gasteiger partial charge in [0, 0.05) is 56.0 Å². The minimum absolute atomic E-state index is 0.0372. The molecule has 7 heteroatoms. The van der Waals surface area contributed by atoms with Crippen molar-refractivity contribution in [2.24, 2.45) is 0 Å². The number of rotatable bonds is 6. The fraction of sp³-hybridized carbons (Fsp3) is 0.379. The minimum atomic E-state index is -0.443. The molecule has 0 aliphatic carbocycles. The van der Waals surface area contributed by atoms with Gasteiger partial charge in [-0.05, 0) is 54.1 Å². The quantitative estimate of drug-likeness (QED) is 0.492. The topological polar surface area (TPSA) is 53.1 Å². The predicted octanol–water partition coefficient (Wildman–Crippen LogP) is 4.64. The number of methoxy groups -OCH3 is 1. The van der Waals surface area contributed by atoms with E-state index in [2.05, 4.69) is 36.9 Å². The minimum Gasteiger partial charge on any atom is -0.383 e. The molecule has 2 aliphatic rings. The molecule has 2 atom stereocenters. The molecule has 6 nitrogen and oxygen atoms in total. The van der Waals surface area contributed by atoms with Crippen molar-refractivity contribution in [3.63, 3.8) is 0 Å². The number of hydrogen-bond donors (Lipinski definition) is 0. The van der Waals surface area contributed by atoms with E-state index in [-0.39, 0.29) is 17.9 Å². The van der Waals surface area contributed by atoms with Crippen LogP contribution in [-0.4, -0.2) is 68.1 Å². The Labute approximate surface area is 217 Å². The van der Waals surface area contributed by atoms with Crippen LogP contribution in [0.2, 0.25) is 0 Å². The summed E-state index contributed by atoms with van der Waals surface area (Å²) in [6.07, 6.45) is 0. The van der Waals surface area contributed by atoms with E-state index < -0.39 is 5.92 Å². The molecular weight excluding hydrogens is 470 g/mol. The third kappa shape index (κ3) is 4.42. The van der Waals surface area contributed by atoms with E-state index >= 15 is 0 Å². The maximum absolute atomic E-state index is 14.3. The Morgan fingerprint density at radius 1 is 1.00 bits per heavy atom. The molecule has 3 heterocycles. The first-order valence-corrected chi connectivity index (χ1v) is 13.4. The fourth-order valence-corrected chi connectivity index (χ4v) is 6.39. The highest BCUT2D eigenvalue weighted by atomic mass is 32.1. The lowest BCUT2D eigenvalue weighted by Crippen LogP contribution is -2.53. The maximum Gasteiger partial charge on any atom is 0.254 e. The van der Waals surface area contributed by atoms with Crippen molar-refractivity contribution in [1.29, 1.82) is 0 Å². The van der Waals surface area contributed by atoms with Crippen LogP contribution in [0.15, 0.2) is 60.0 Å². The zero-order chi connectivity index (χ0) is 25.2. The summed E-state index contributed by atoms with van der Waals surface area (Å²) in [5.74, 6) is -0.386. The average Bonchev–Trinajstić information content (AvgIpc) is 3.44. The van der Waals surface area contributed by atoms with Gasteiger partial charge in [-0.25, -0.2) is 0 Å². The van der Waals surface area contributed by atoms with Crippen LogP contribution in [0.25, 0.3) is 0 Å². The summed E-state index contributed by atoms with van der Waals surface area (Å²) in [4.78, 5) is 35.1. The van der Waals surface area contributed by atoms with Crippen molar-refractivity contribution in [2.75, 3.05) is 51.3 Å². The highest BCUT2D eigenvalue weighted by Gasteiger charge is 2.46. The Hall–Kier alpha value is -3.16. The molecule has 1 aromatic heterocycles. The highest BCUT2D eigenvalue weighted by Crippen LogP contribution is 2.45. The molecule has 1 saturated heterocycles. The number of piperazine rings is 1. The number of thiophene rings is 1. The van der Waals surface area contributed by atoms with Crippen LogP contribution in [0.1, 0.15) is 43.9 Å². The van der Waals surface area contributed by atoms with E-state index in [0.717, 1.165) is 23.5 Å². The van der Waals surface area contributed by atoms with Gasteiger partial charge in [0.15, 0.2) is 0 Å². The number of benzene rings is 2. The van der Waals surface area contributed by atoms with Gasteiger partial charge in [0.2, 0.25) is 5.91 Å². The molecule has 1 fully saturated rings. The van der Waals surface area contributed by atoms with Crippen LogP contribution >= 0.6 is 11.3 Å². The van der Waals surface area contributed by atoms with Gasteiger partial charge in [-0.3, -0.25) is 9.59 Å². The summed E-state index contributed by atoms with van der Waals surface area (Å²) < 4.78 is 5.34. The van der Waals surface area contributed by atoms with Crippen molar-refractivity contribution in [2.45, 2.75) is 25.8 Å². The molecule has 2 aromatic carbocycles. The van der Waals surface area contributed by atoms with E-state index in [9.17, 15) is 9.59 Å². The number of anilines is 1. The summed E-state index contributed by atoms with van der Waals surface area (Å²) in [6, 6.07) is 17.7. The molecular formula is C29H33N3O3S. The first-order chi connectivity index (χ1) is 17.5. The maximum atomic E-state index is 14.3. The second kappa shape index (κ2) is 10.4. The van der Waals surface area contributed by atoms with Crippen molar-refractivity contribution in [3.8, 4) is 0 Å². The van der Waals surface area contributed by atoms with E-state index in [1.165, 1.54) is 16.8 Å². The Bertz CT molecular complexity index is 1230. The van der Waals surface area contributed by atoms with Crippen LogP contribution in [0.4, 0.5) is 5.69 Å². The lowest BCUT2D eigenvalue weighted by Gasteiger charge is -2.44. The zero-order valence-electron chi connectivity index (χ0n) is 21.1. The average molecular weight is 504 g/mol. The third-order valence-corrected chi connectivity index (χ3v) is 8.53. The molecule has 0 N–H and O–H groups in total. The van der Waals surface area contributed by atoms with Gasteiger partial charge in [0.1, 0.15) is 0 Å². The third-order valence-electron chi connectivity index (χ3n) is 7.58. The molecule has 2 aliphatic heterocycles. The van der Waals surface area contributed by atoms with Gasteiger partial charge < -0.3 is 19.4 Å². The smallest absolute Gasteiger partial charge is 0.254 e. The van der Waals surface area contributed by atoms with Gasteiger partial charge in [0.25, 0.3) is 5.91 Å². The summed E-state index contributed by atoms with van der Waals surface area (Å²) in [5, 5.41) is 2.01. The molecule has 2 amide bonds. The Balaban J connectivity index is 1.46. The number of fused-ring (bicyclic) bond motifs is 1. The van der Waals surface area contributed by atoms with Crippen molar-refractivity contribution >= 4 is 28.8 Å². The largest absolute Gasteiger partial charge is 0.383 e. The molecule has 0 unspecified atom stereocenters. The summed E-state index contributed by atoms with van der Waals surface area (Å²) in [5.41, 5.74) is 5.27. The first kappa shape index (κ1) is 24.5. The van der Waals surface area contributed by atoms with E-state index in [1.54, 1.807) is 18.4 Å². The molecule has 36 heavy (non-hydrogen) atoms. The molecule has 188 valence electrons. The summed E-state index contributed by atoms with van der Waals surface area (Å²) in [6.45, 7) is 8.07. The zero-order valence-corrected chi connectivity index (χ0v) is 22.0. The van der Waals surface area contributed by atoms with Crippen LogP contribution < -0.4 is 4.90 Å². The monoisotopic (exact) mass is 503 g/mol. The van der Waals surface area contributed by atoms with Crippen molar-refractivity contribution in [3.05, 3.63) is 87.1 Å². The number of hydrogen-bond acceptors (Lipinski definition) is 5. The molecule has 5 rings (SSSR count). The SMILES string of the molecule is COCCN1C(=O)c2ccccc2[C@@H](C(=O)N2CCN(c3cccc(C)c3C)CC2)[C@@H]1c1cccs1. The molecule has 0 saturated carbocycles. The first-order valence-electron chi connectivity index (χ1n) is 12.5. The fourth-order valence-electron chi connectivity index (χ4n) is 5.51. The lowest BCUT2D eigenvalue weighted by molar-refractivity contribution is -0.135. The van der Waals surface area contributed by atoms with Crippen molar-refractivity contribution in [1.82, 2.24) is 9.80 Å². The Morgan fingerprint density at radius 2 is 1.78 bits per heavy atom. The van der Waals surface area contributed by atoms with E-state index in [1.807, 2.05) is 51.6 Å². The molecule has 0 bridgehead atoms. The number of aryl methyl sites for hydroxylation is 1. The van der Waals surface area contributed by atoms with E-state index in [0.29, 0.717) is 31.8 Å². The summed E-state index contributed by atoms with van der Waals surface area (Å²) in [7, 11) is 1.64.